The van der Waals surface area contributed by atoms with Crippen LogP contribution in [0.2, 0.25) is 0 Å². The Morgan fingerprint density at radius 3 is 0.377 bits per heavy atom. The second-order valence-electron chi connectivity index (χ2n) is 58.4. The molecule has 12 fully saturated rings. The van der Waals surface area contributed by atoms with Crippen LogP contribution in [0.15, 0.2) is 0 Å². The van der Waals surface area contributed by atoms with Gasteiger partial charge in [0.05, 0.1) is 24.4 Å². The van der Waals surface area contributed by atoms with Gasteiger partial charge in [0.25, 0.3) is 0 Å². The van der Waals surface area contributed by atoms with Gasteiger partial charge in [-0.3, -0.25) is 19.2 Å². The Balaban J connectivity index is -0.000000365. The van der Waals surface area contributed by atoms with Gasteiger partial charge in [0.2, 0.25) is 0 Å². The van der Waals surface area contributed by atoms with Gasteiger partial charge in [-0.15, -0.1) is 0 Å². The van der Waals surface area contributed by atoms with E-state index in [9.17, 15) is 58.8 Å². The van der Waals surface area contributed by atoms with Crippen LogP contribution >= 0.6 is 0 Å². The molecule has 856 valence electrons. The van der Waals surface area contributed by atoms with E-state index in [-0.39, 0.29) is 177 Å². The summed E-state index contributed by atoms with van der Waals surface area (Å²) >= 11 is 0. The minimum Gasteiger partial charge on any atom is -1.00 e. The van der Waals surface area contributed by atoms with Crippen molar-refractivity contribution in [3.63, 3.8) is 0 Å². The van der Waals surface area contributed by atoms with E-state index in [1.807, 2.05) is 27.7 Å². The molecule has 12 nitrogen and oxygen atoms in total. The summed E-state index contributed by atoms with van der Waals surface area (Å²) < 4.78 is 0. The first-order chi connectivity index (χ1) is 63.9. The van der Waals surface area contributed by atoms with E-state index in [1.54, 1.807) is 27.7 Å². The van der Waals surface area contributed by atoms with Gasteiger partial charge in [0, 0.05) is 47.3 Å². The van der Waals surface area contributed by atoms with Crippen LogP contribution in [0.3, 0.4) is 0 Å². The van der Waals surface area contributed by atoms with E-state index in [1.165, 1.54) is 231 Å². The Kier molecular flexibility index (Phi) is 73.7. The number of aliphatic hydroxyl groups excluding tert-OH is 4. The quantitative estimate of drug-likeness (QED) is 0.0815. The number of halogens is 2. The van der Waals surface area contributed by atoms with Gasteiger partial charge in [-0.1, -0.05) is 352 Å². The number of ketones is 4. The average molecular weight is 2120 g/mol. The number of carbonyl (C=O) groups is 8. The van der Waals surface area contributed by atoms with Gasteiger partial charge in [0.15, 0.2) is 0 Å². The van der Waals surface area contributed by atoms with Crippen LogP contribution in [0.5, 0.6) is 0 Å². The van der Waals surface area contributed by atoms with Crippen molar-refractivity contribution in [3.8, 4) is 0 Å². The minimum atomic E-state index is -0.143. The zero-order valence-electron chi connectivity index (χ0n) is 105. The number of aliphatic hydroxyl groups is 4. The Morgan fingerprint density at radius 1 is 0.205 bits per heavy atom. The number of aldehydes is 4. The zero-order chi connectivity index (χ0) is 109. The molecule has 12 saturated carbocycles. The van der Waals surface area contributed by atoms with E-state index < -0.39 is 0 Å². The van der Waals surface area contributed by atoms with Crippen molar-refractivity contribution >= 4 is 94.4 Å². The molecule has 146 heavy (non-hydrogen) atoms. The molecule has 12 rings (SSSR count). The Hall–Kier alpha value is -0.688. The first kappa shape index (κ1) is 156. The maximum absolute atomic E-state index is 11.4. The fourth-order valence-electron chi connectivity index (χ4n) is 33.4. The molecule has 0 amide bonds. The summed E-state index contributed by atoms with van der Waals surface area (Å²) in [5.41, 5.74) is 3.31. The summed E-state index contributed by atoms with van der Waals surface area (Å²) in [6.45, 7) is 95.3. The molecule has 0 radical (unpaired) electrons. The molecule has 4 unspecified atom stereocenters. The third-order valence-corrected chi connectivity index (χ3v) is 40.0. The molecular weight excluding hydrogens is 1870 g/mol. The predicted octanol–water partition coefficient (Wildman–Crippen LogP) is 28.2. The summed E-state index contributed by atoms with van der Waals surface area (Å²) in [7, 11) is 0. The van der Waals surface area contributed by atoms with Gasteiger partial charge in [-0.2, -0.15) is 0 Å². The summed E-state index contributed by atoms with van der Waals surface area (Å²) in [6.07, 6.45) is 49.5. The summed E-state index contributed by atoms with van der Waals surface area (Å²) in [5.74, 6) is 13.3. The molecule has 0 bridgehead atoms. The predicted molar refractivity (Wildman–Crippen MR) is 621 cm³/mol. The van der Waals surface area contributed by atoms with Crippen molar-refractivity contribution < 1.29 is 83.6 Å². The Bertz CT molecular complexity index is 3130. The SMILES string of the molecule is CC(=O)[C@@H]1[C@@H](C)CCCC1(C)C.CC(=O)[C@@H]1[C@H](C)CCCC1(C)C.CC(=O)[C@H]1[C@@H](C)CCCC1(C)C.CC(=O)[C@H]1[C@H](C)CCCC1(C)C.CC(O)[C@@H]1[C@@H](C)CCCC1(C)C.CC(O)[C@@H]1[C@H](C)CCCC1(C)C.CC(O)[C@H]1[C@@H](C)CCCC1(C)C.CC(O)[C@H]1[C@H](C)CCCC1(C)C.C[C@@H]1CCCC(C)(C)[C@@H]1C=O.C[C@@H]1CCCC(C)(C)[C@H]1C=O.C[C@H]1CCCC(C)(C)[C@@H]1C=O.C[C@H]1CCCC(C)(C)[C@H]1C=O.[CH3-].[CH3-].[Cl-].[Cl-].[Mg+2].[Mg+2]. The Morgan fingerprint density at radius 2 is 0.308 bits per heavy atom. The van der Waals surface area contributed by atoms with E-state index in [0.717, 1.165) is 25.1 Å². The van der Waals surface area contributed by atoms with Crippen molar-refractivity contribution in [1.29, 1.82) is 0 Å². The molecule has 16 heteroatoms. The number of carbonyl (C=O) groups excluding carboxylic acids is 8. The van der Waals surface area contributed by atoms with Crippen molar-refractivity contribution in [2.24, 2.45) is 207 Å². The largest absolute Gasteiger partial charge is 2.00 e. The third-order valence-electron chi connectivity index (χ3n) is 40.0. The van der Waals surface area contributed by atoms with Gasteiger partial charge in [0.1, 0.15) is 48.3 Å². The molecular formula is C130H246Cl2Mg2O12. The van der Waals surface area contributed by atoms with E-state index in [4.69, 9.17) is 0 Å². The van der Waals surface area contributed by atoms with Gasteiger partial charge >= 0.3 is 46.1 Å². The summed E-state index contributed by atoms with van der Waals surface area (Å²) in [5, 5.41) is 38.7. The number of hydrogen-bond donors (Lipinski definition) is 4. The molecule has 0 spiro atoms. The van der Waals surface area contributed by atoms with E-state index in [2.05, 4.69) is 249 Å². The number of rotatable bonds is 12. The minimum absolute atomic E-state index is 0. The van der Waals surface area contributed by atoms with Crippen LogP contribution in [-0.4, -0.2) is 139 Å². The van der Waals surface area contributed by atoms with E-state index in [0.29, 0.717) is 163 Å². The van der Waals surface area contributed by atoms with Crippen LogP contribution in [0.1, 0.15) is 536 Å². The van der Waals surface area contributed by atoms with Gasteiger partial charge in [-0.25, -0.2) is 0 Å². The molecule has 0 aromatic heterocycles. The van der Waals surface area contributed by atoms with Crippen molar-refractivity contribution in [3.05, 3.63) is 14.9 Å². The second kappa shape index (κ2) is 69.0. The standard InChI is InChI=1S/4C11H22O.4C11H20O.4C10H18O.2CH3.2ClH.2Mg/c8*1-8-6-5-7-11(3,4)10(8)9(2)12;4*1-8-5-4-6-10(2,3)9(8)7-11;;;;;;/h4*8-10,12H,5-7H2,1-4H3;4*8,10H,5-7H2,1-4H3;4*7-9H,4-6H2,1-3H3;2*1H3;2*1H;;/q;;;;;;;;;;;;2*-1;;;2*+2/p-2/t2*8-,9?,10+;2*8-,9?,10-;2*8-,10+;2*8-,10-;2*8-,9+;2*8-,9-;;;;;;/m101010101010....../s1. The topological polar surface area (TPSA) is 217 Å². The number of Topliss-reactive ketones (excluding diaryl/α,β-unsaturated/α-hetero) is 4. The van der Waals surface area contributed by atoms with Crippen LogP contribution in [0.4, 0.5) is 0 Å². The molecule has 0 aromatic carbocycles. The first-order valence-electron chi connectivity index (χ1n) is 58.5. The average Bonchev–Trinajstić information content (AvgIpc) is 0.810. The smallest absolute Gasteiger partial charge is 1.00 e. The molecule has 12 aliphatic carbocycles. The van der Waals surface area contributed by atoms with Crippen molar-refractivity contribution in [2.45, 2.75) is 560 Å². The third kappa shape index (κ3) is 49.0. The van der Waals surface area contributed by atoms with Crippen molar-refractivity contribution in [1.82, 2.24) is 0 Å². The van der Waals surface area contributed by atoms with E-state index >= 15 is 0 Å². The molecule has 28 atom stereocenters. The van der Waals surface area contributed by atoms with Crippen LogP contribution in [0.25, 0.3) is 0 Å². The molecule has 0 heterocycles. The normalized spacial score (nSPS) is 34.8. The van der Waals surface area contributed by atoms with Crippen LogP contribution in [0, 0.1) is 222 Å². The van der Waals surface area contributed by atoms with Gasteiger partial charge in [-0.05, 0) is 343 Å². The van der Waals surface area contributed by atoms with Gasteiger partial charge < -0.3 is 79.3 Å². The zero-order valence-corrected chi connectivity index (χ0v) is 109. The summed E-state index contributed by atoms with van der Waals surface area (Å²) in [6, 6.07) is 0. The number of hydrogen-bond acceptors (Lipinski definition) is 12. The molecule has 12 aliphatic rings. The Labute approximate surface area is 952 Å². The maximum atomic E-state index is 11.4. The monoisotopic (exact) mass is 2120 g/mol. The fraction of sp³-hybridized carbons (Fsp3) is 0.923. The molecule has 4 N–H and O–H groups in total. The maximum Gasteiger partial charge on any atom is 2.00 e. The second-order valence-corrected chi connectivity index (χ2v) is 58.4. The molecule has 0 aromatic rings. The van der Waals surface area contributed by atoms with Crippen molar-refractivity contribution in [2.75, 3.05) is 0 Å². The van der Waals surface area contributed by atoms with Crippen LogP contribution < -0.4 is 24.8 Å². The molecule has 0 aliphatic heterocycles. The van der Waals surface area contributed by atoms with Crippen LogP contribution in [-0.2, 0) is 38.4 Å². The first-order valence-corrected chi connectivity index (χ1v) is 58.5. The summed E-state index contributed by atoms with van der Waals surface area (Å²) in [4.78, 5) is 88.8. The fourth-order valence-corrected chi connectivity index (χ4v) is 33.4. The molecule has 0 saturated heterocycles.